The Balaban J connectivity index is 2.47. The summed E-state index contributed by atoms with van der Waals surface area (Å²) in [5.41, 5.74) is 0.0239. The van der Waals surface area contributed by atoms with E-state index in [1.165, 1.54) is 0 Å². The fourth-order valence-corrected chi connectivity index (χ4v) is 2.33. The molecular weight excluding hydrogens is 256 g/mol. The van der Waals surface area contributed by atoms with Gasteiger partial charge in [0.1, 0.15) is 0 Å². The number of carbonyl (C=O) groups excluding carboxylic acids is 1. The average Bonchev–Trinajstić information content (AvgIpc) is 2.36. The molecule has 0 bridgehead atoms. The summed E-state index contributed by atoms with van der Waals surface area (Å²) in [6, 6.07) is -0.500. The van der Waals surface area contributed by atoms with Gasteiger partial charge in [-0.2, -0.15) is 0 Å². The summed E-state index contributed by atoms with van der Waals surface area (Å²) in [4.78, 5) is 23.1. The van der Waals surface area contributed by atoms with Gasteiger partial charge in [-0.15, -0.1) is 0 Å². The van der Waals surface area contributed by atoms with Gasteiger partial charge in [0.15, 0.2) is 0 Å². The average molecular weight is 284 g/mol. The molecule has 1 rings (SSSR count). The van der Waals surface area contributed by atoms with E-state index >= 15 is 0 Å². The lowest BCUT2D eigenvalue weighted by atomic mass is 9.81. The Kier molecular flexibility index (Phi) is 5.84. The number of hydrogen-bond acceptors (Lipinski definition) is 2. The van der Waals surface area contributed by atoms with E-state index in [4.69, 9.17) is 0 Å². The molecule has 1 aliphatic carbocycles. The number of amides is 2. The molecule has 116 valence electrons. The van der Waals surface area contributed by atoms with E-state index < -0.39 is 11.9 Å². The van der Waals surface area contributed by atoms with Crippen LogP contribution in [0.15, 0.2) is 0 Å². The number of hydrogen-bond donors (Lipinski definition) is 3. The van der Waals surface area contributed by atoms with Crippen molar-refractivity contribution in [2.24, 2.45) is 17.3 Å². The van der Waals surface area contributed by atoms with Crippen molar-refractivity contribution in [3.63, 3.8) is 0 Å². The fourth-order valence-electron chi connectivity index (χ4n) is 2.33. The normalized spacial score (nSPS) is 23.4. The van der Waals surface area contributed by atoms with Crippen molar-refractivity contribution in [1.82, 2.24) is 10.6 Å². The molecule has 0 saturated heterocycles. The molecule has 0 heterocycles. The zero-order chi connectivity index (χ0) is 15.3. The monoisotopic (exact) mass is 284 g/mol. The van der Waals surface area contributed by atoms with Crippen LogP contribution in [0, 0.1) is 17.3 Å². The number of carbonyl (C=O) groups is 2. The second-order valence-corrected chi connectivity index (χ2v) is 6.81. The Morgan fingerprint density at radius 2 is 1.85 bits per heavy atom. The van der Waals surface area contributed by atoms with Crippen molar-refractivity contribution in [2.45, 2.75) is 59.4 Å². The number of carboxylic acid groups (broad SMARTS) is 1. The van der Waals surface area contributed by atoms with Gasteiger partial charge in [0.25, 0.3) is 0 Å². The molecule has 0 aliphatic heterocycles. The molecule has 0 radical (unpaired) electrons. The standard InChI is InChI=1S/C15H28N2O3/c1-10(2)15(3,4)9-16-14(20)17-12-8-6-5-7-11(12)13(18)19/h10-12H,5-9H2,1-4H3,(H,18,19)(H2,16,17,20). The van der Waals surface area contributed by atoms with Gasteiger partial charge in [0.05, 0.1) is 5.92 Å². The first-order chi connectivity index (χ1) is 9.24. The van der Waals surface area contributed by atoms with Crippen LogP contribution < -0.4 is 10.6 Å². The van der Waals surface area contributed by atoms with Crippen molar-refractivity contribution < 1.29 is 14.7 Å². The first-order valence-corrected chi connectivity index (χ1v) is 7.51. The Bertz CT molecular complexity index is 353. The minimum absolute atomic E-state index is 0.0239. The van der Waals surface area contributed by atoms with Crippen LogP contribution >= 0.6 is 0 Å². The topological polar surface area (TPSA) is 78.4 Å². The smallest absolute Gasteiger partial charge is 0.315 e. The third kappa shape index (κ3) is 4.69. The number of carboxylic acids is 1. The zero-order valence-corrected chi connectivity index (χ0v) is 13.0. The predicted molar refractivity (Wildman–Crippen MR) is 78.5 cm³/mol. The maximum absolute atomic E-state index is 11.9. The largest absolute Gasteiger partial charge is 0.481 e. The lowest BCUT2D eigenvalue weighted by Crippen LogP contribution is -2.50. The van der Waals surface area contributed by atoms with Crippen molar-refractivity contribution in [1.29, 1.82) is 0 Å². The van der Waals surface area contributed by atoms with E-state index in [0.29, 0.717) is 18.9 Å². The molecule has 1 aliphatic rings. The molecule has 1 fully saturated rings. The Labute approximate surface area is 121 Å². The second-order valence-electron chi connectivity index (χ2n) is 6.81. The molecule has 0 aromatic rings. The Hall–Kier alpha value is -1.26. The molecule has 20 heavy (non-hydrogen) atoms. The zero-order valence-electron chi connectivity index (χ0n) is 13.0. The van der Waals surface area contributed by atoms with Gasteiger partial charge in [-0.1, -0.05) is 40.5 Å². The molecule has 3 N–H and O–H groups in total. The van der Waals surface area contributed by atoms with Gasteiger partial charge in [-0.25, -0.2) is 4.79 Å². The van der Waals surface area contributed by atoms with Gasteiger partial charge < -0.3 is 15.7 Å². The third-order valence-electron chi connectivity index (χ3n) is 4.67. The van der Waals surface area contributed by atoms with Crippen LogP contribution in [0.5, 0.6) is 0 Å². The molecule has 5 heteroatoms. The molecule has 0 aromatic carbocycles. The molecule has 2 unspecified atom stereocenters. The highest BCUT2D eigenvalue weighted by molar-refractivity contribution is 5.76. The first-order valence-electron chi connectivity index (χ1n) is 7.51. The van der Waals surface area contributed by atoms with Crippen LogP contribution in [0.4, 0.5) is 4.79 Å². The van der Waals surface area contributed by atoms with Gasteiger partial charge in [-0.05, 0) is 24.2 Å². The van der Waals surface area contributed by atoms with Crippen LogP contribution in [0.1, 0.15) is 53.4 Å². The molecule has 1 saturated carbocycles. The van der Waals surface area contributed by atoms with Crippen LogP contribution in [-0.2, 0) is 4.79 Å². The van der Waals surface area contributed by atoms with Crippen LogP contribution in [0.2, 0.25) is 0 Å². The van der Waals surface area contributed by atoms with Crippen molar-refractivity contribution in [3.05, 3.63) is 0 Å². The van der Waals surface area contributed by atoms with Crippen molar-refractivity contribution in [3.8, 4) is 0 Å². The minimum Gasteiger partial charge on any atom is -0.481 e. The summed E-state index contributed by atoms with van der Waals surface area (Å²) in [5.74, 6) is -0.797. The summed E-state index contributed by atoms with van der Waals surface area (Å²) >= 11 is 0. The number of aliphatic carboxylic acids is 1. The third-order valence-corrected chi connectivity index (χ3v) is 4.67. The molecule has 2 amide bonds. The van der Waals surface area contributed by atoms with Crippen LogP contribution in [0.3, 0.4) is 0 Å². The van der Waals surface area contributed by atoms with Gasteiger partial charge in [0, 0.05) is 12.6 Å². The van der Waals surface area contributed by atoms with Crippen LogP contribution in [0.25, 0.3) is 0 Å². The first kappa shape index (κ1) is 16.8. The summed E-state index contributed by atoms with van der Waals surface area (Å²) in [6.45, 7) is 9.06. The highest BCUT2D eigenvalue weighted by atomic mass is 16.4. The maximum atomic E-state index is 11.9. The van der Waals surface area contributed by atoms with E-state index in [-0.39, 0.29) is 17.5 Å². The van der Waals surface area contributed by atoms with Crippen molar-refractivity contribution >= 4 is 12.0 Å². The van der Waals surface area contributed by atoms with E-state index in [1.807, 2.05) is 0 Å². The molecule has 0 aromatic heterocycles. The quantitative estimate of drug-likeness (QED) is 0.726. The summed E-state index contributed by atoms with van der Waals surface area (Å²) < 4.78 is 0. The summed E-state index contributed by atoms with van der Waals surface area (Å²) in [5, 5.41) is 14.9. The number of rotatable bonds is 5. The molecule has 2 atom stereocenters. The number of urea groups is 1. The predicted octanol–water partition coefficient (Wildman–Crippen LogP) is 2.61. The fraction of sp³-hybridized carbons (Fsp3) is 0.867. The van der Waals surface area contributed by atoms with Gasteiger partial charge in [-0.3, -0.25) is 4.79 Å². The van der Waals surface area contributed by atoms with E-state index in [2.05, 4.69) is 38.3 Å². The lowest BCUT2D eigenvalue weighted by Gasteiger charge is -2.32. The maximum Gasteiger partial charge on any atom is 0.315 e. The van der Waals surface area contributed by atoms with E-state index in [0.717, 1.165) is 19.3 Å². The van der Waals surface area contributed by atoms with Crippen LogP contribution in [-0.4, -0.2) is 29.7 Å². The molecule has 0 spiro atoms. The SMILES string of the molecule is CC(C)C(C)(C)CNC(=O)NC1CCCCC1C(=O)O. The van der Waals surface area contributed by atoms with Gasteiger partial charge in [0.2, 0.25) is 0 Å². The summed E-state index contributed by atoms with van der Waals surface area (Å²) in [6.07, 6.45) is 3.30. The Morgan fingerprint density at radius 3 is 2.40 bits per heavy atom. The highest BCUT2D eigenvalue weighted by Crippen LogP contribution is 2.26. The second kappa shape index (κ2) is 6.95. The molecule has 5 nitrogen and oxygen atoms in total. The Morgan fingerprint density at radius 1 is 1.25 bits per heavy atom. The highest BCUT2D eigenvalue weighted by Gasteiger charge is 2.32. The summed E-state index contributed by atoms with van der Waals surface area (Å²) in [7, 11) is 0. The lowest BCUT2D eigenvalue weighted by molar-refractivity contribution is -0.143. The molecular formula is C15H28N2O3. The van der Waals surface area contributed by atoms with E-state index in [9.17, 15) is 14.7 Å². The minimum atomic E-state index is -0.808. The number of nitrogens with one attached hydrogen (secondary N) is 2. The van der Waals surface area contributed by atoms with Crippen molar-refractivity contribution in [2.75, 3.05) is 6.54 Å². The van der Waals surface area contributed by atoms with E-state index in [1.54, 1.807) is 0 Å². The van der Waals surface area contributed by atoms with Gasteiger partial charge >= 0.3 is 12.0 Å².